The lowest BCUT2D eigenvalue weighted by Gasteiger charge is -1.95. The number of nitrogens with zero attached hydrogens (tertiary/aromatic N) is 4. The molecule has 0 radical (unpaired) electrons. The molecule has 2 N–H and O–H groups in total. The first-order valence-electron chi connectivity index (χ1n) is 5.60. The van der Waals surface area contributed by atoms with Gasteiger partial charge in [0.25, 0.3) is 0 Å². The molecule has 0 aliphatic carbocycles. The molecule has 2 aromatic heterocycles. The monoisotopic (exact) mass is 251 g/mol. The summed E-state index contributed by atoms with van der Waals surface area (Å²) in [5.41, 5.74) is 6.58. The molecule has 0 bridgehead atoms. The van der Waals surface area contributed by atoms with Crippen LogP contribution in [0.1, 0.15) is 36.3 Å². The Balaban J connectivity index is 2.48. The lowest BCUT2D eigenvalue weighted by atomic mass is 10.2. The fourth-order valence-electron chi connectivity index (χ4n) is 1.59. The fourth-order valence-corrected chi connectivity index (χ4v) is 2.56. The van der Waals surface area contributed by atoms with Crippen LogP contribution in [0.2, 0.25) is 0 Å². The molecule has 0 aliphatic rings. The Bertz CT molecular complexity index is 526. The molecule has 0 saturated carbocycles. The van der Waals surface area contributed by atoms with Crippen molar-refractivity contribution in [3.05, 3.63) is 16.5 Å². The Morgan fingerprint density at radius 1 is 1.35 bits per heavy atom. The Morgan fingerprint density at radius 2 is 2.06 bits per heavy atom. The maximum atomic E-state index is 5.61. The molecular formula is C11H17N5S. The molecule has 2 heterocycles. The molecule has 17 heavy (non-hydrogen) atoms. The number of nitrogens with two attached hydrogens (primary N) is 1. The lowest BCUT2D eigenvalue weighted by Crippen LogP contribution is -1.95. The second kappa shape index (κ2) is 4.54. The summed E-state index contributed by atoms with van der Waals surface area (Å²) in [6.07, 6.45) is 0. The zero-order valence-electron chi connectivity index (χ0n) is 10.6. The van der Waals surface area contributed by atoms with Gasteiger partial charge < -0.3 is 5.73 Å². The minimum Gasteiger partial charge on any atom is -0.325 e. The summed E-state index contributed by atoms with van der Waals surface area (Å²) < 4.78 is 1.82. The van der Waals surface area contributed by atoms with Crippen molar-refractivity contribution in [1.82, 2.24) is 19.7 Å². The second-order valence-electron chi connectivity index (χ2n) is 4.30. The van der Waals surface area contributed by atoms with Crippen LogP contribution in [0.15, 0.2) is 0 Å². The number of thiazole rings is 1. The van der Waals surface area contributed by atoms with E-state index in [-0.39, 0.29) is 0 Å². The molecule has 0 unspecified atom stereocenters. The van der Waals surface area contributed by atoms with E-state index in [1.807, 2.05) is 18.7 Å². The van der Waals surface area contributed by atoms with Crippen molar-refractivity contribution < 1.29 is 0 Å². The van der Waals surface area contributed by atoms with E-state index >= 15 is 0 Å². The highest BCUT2D eigenvalue weighted by Crippen LogP contribution is 2.29. The maximum absolute atomic E-state index is 5.61. The minimum atomic E-state index is 0.331. The normalized spacial score (nSPS) is 11.4. The summed E-state index contributed by atoms with van der Waals surface area (Å²) in [5.74, 6) is 2.07. The van der Waals surface area contributed by atoms with Crippen LogP contribution >= 0.6 is 11.3 Å². The van der Waals surface area contributed by atoms with Crippen LogP contribution < -0.4 is 5.73 Å². The van der Waals surface area contributed by atoms with Gasteiger partial charge in [0.1, 0.15) is 5.01 Å². The van der Waals surface area contributed by atoms with Crippen LogP contribution in [-0.2, 0) is 13.6 Å². The van der Waals surface area contributed by atoms with Crippen LogP contribution in [0.25, 0.3) is 10.7 Å². The van der Waals surface area contributed by atoms with Gasteiger partial charge in [0.05, 0.1) is 10.6 Å². The third kappa shape index (κ3) is 2.23. The van der Waals surface area contributed by atoms with Crippen LogP contribution in [0, 0.1) is 6.92 Å². The minimum absolute atomic E-state index is 0.331. The van der Waals surface area contributed by atoms with Crippen molar-refractivity contribution in [3.63, 3.8) is 0 Å². The predicted octanol–water partition coefficient (Wildman–Crippen LogP) is 1.83. The fraction of sp³-hybridized carbons (Fsp3) is 0.545. The van der Waals surface area contributed by atoms with Gasteiger partial charge >= 0.3 is 0 Å². The Labute approximate surface area is 105 Å². The van der Waals surface area contributed by atoms with Gasteiger partial charge in [-0.1, -0.05) is 13.8 Å². The average Bonchev–Trinajstić information content (AvgIpc) is 2.81. The van der Waals surface area contributed by atoms with Crippen LogP contribution in [0.3, 0.4) is 0 Å². The van der Waals surface area contributed by atoms with E-state index in [1.54, 1.807) is 11.3 Å². The van der Waals surface area contributed by atoms with Crippen molar-refractivity contribution in [3.8, 4) is 10.7 Å². The quantitative estimate of drug-likeness (QED) is 0.903. The summed E-state index contributed by atoms with van der Waals surface area (Å²) in [6.45, 7) is 6.63. The van der Waals surface area contributed by atoms with Gasteiger partial charge in [0.2, 0.25) is 0 Å². The summed E-state index contributed by atoms with van der Waals surface area (Å²) in [4.78, 5) is 10.0. The Kier molecular flexibility index (Phi) is 3.26. The van der Waals surface area contributed by atoms with Gasteiger partial charge in [0, 0.05) is 19.5 Å². The second-order valence-corrected chi connectivity index (χ2v) is 5.38. The number of aryl methyl sites for hydroxylation is 2. The van der Waals surface area contributed by atoms with Crippen molar-refractivity contribution in [2.24, 2.45) is 12.8 Å². The van der Waals surface area contributed by atoms with Crippen molar-refractivity contribution >= 4 is 11.3 Å². The first-order chi connectivity index (χ1) is 8.02. The van der Waals surface area contributed by atoms with E-state index in [1.165, 1.54) is 0 Å². The molecule has 2 aromatic rings. The molecule has 6 heteroatoms. The molecule has 0 aromatic carbocycles. The molecule has 0 spiro atoms. The lowest BCUT2D eigenvalue weighted by molar-refractivity contribution is 0.712. The van der Waals surface area contributed by atoms with E-state index in [2.05, 4.69) is 28.9 Å². The number of hydrogen-bond acceptors (Lipinski definition) is 5. The molecule has 0 saturated heterocycles. The molecule has 92 valence electrons. The van der Waals surface area contributed by atoms with Gasteiger partial charge in [-0.15, -0.1) is 11.3 Å². The Morgan fingerprint density at radius 3 is 2.53 bits per heavy atom. The maximum Gasteiger partial charge on any atom is 0.170 e. The SMILES string of the molecule is Cc1nc(CN)sc1-c1nc(C(C)C)nn1C. The van der Waals surface area contributed by atoms with Crippen molar-refractivity contribution in [2.45, 2.75) is 33.2 Å². The van der Waals surface area contributed by atoms with E-state index in [0.29, 0.717) is 12.5 Å². The highest BCUT2D eigenvalue weighted by Gasteiger charge is 2.17. The van der Waals surface area contributed by atoms with Gasteiger partial charge in [-0.2, -0.15) is 5.10 Å². The van der Waals surface area contributed by atoms with Gasteiger partial charge in [-0.25, -0.2) is 14.6 Å². The number of aromatic nitrogens is 4. The van der Waals surface area contributed by atoms with Crippen LogP contribution in [0.5, 0.6) is 0 Å². The van der Waals surface area contributed by atoms with Crippen molar-refractivity contribution in [2.75, 3.05) is 0 Å². The van der Waals surface area contributed by atoms with E-state index < -0.39 is 0 Å². The van der Waals surface area contributed by atoms with Gasteiger partial charge in [-0.3, -0.25) is 0 Å². The predicted molar refractivity (Wildman–Crippen MR) is 68.8 cm³/mol. The summed E-state index contributed by atoms with van der Waals surface area (Å²) >= 11 is 1.59. The van der Waals surface area contributed by atoms with E-state index in [4.69, 9.17) is 5.73 Å². The zero-order chi connectivity index (χ0) is 12.6. The summed E-state index contributed by atoms with van der Waals surface area (Å²) in [5, 5.41) is 5.35. The third-order valence-corrected chi connectivity index (χ3v) is 3.69. The highest BCUT2D eigenvalue weighted by molar-refractivity contribution is 7.15. The highest BCUT2D eigenvalue weighted by atomic mass is 32.1. The zero-order valence-corrected chi connectivity index (χ0v) is 11.4. The van der Waals surface area contributed by atoms with Crippen LogP contribution in [-0.4, -0.2) is 19.7 Å². The molecule has 0 aliphatic heterocycles. The van der Waals surface area contributed by atoms with E-state index in [0.717, 1.165) is 27.2 Å². The first kappa shape index (κ1) is 12.2. The molecule has 0 amide bonds. The molecule has 0 atom stereocenters. The summed E-state index contributed by atoms with van der Waals surface area (Å²) in [7, 11) is 1.91. The largest absolute Gasteiger partial charge is 0.325 e. The average molecular weight is 251 g/mol. The standard InChI is InChI=1S/C11H17N5S/c1-6(2)10-14-11(16(4)15-10)9-7(3)13-8(5-12)17-9/h6H,5,12H2,1-4H3. The molecule has 2 rings (SSSR count). The number of hydrogen-bond donors (Lipinski definition) is 1. The smallest absolute Gasteiger partial charge is 0.170 e. The molecule has 0 fully saturated rings. The third-order valence-electron chi connectivity index (χ3n) is 2.51. The summed E-state index contributed by atoms with van der Waals surface area (Å²) in [6, 6.07) is 0. The first-order valence-corrected chi connectivity index (χ1v) is 6.42. The topological polar surface area (TPSA) is 69.6 Å². The number of rotatable bonds is 3. The van der Waals surface area contributed by atoms with E-state index in [9.17, 15) is 0 Å². The van der Waals surface area contributed by atoms with Crippen molar-refractivity contribution in [1.29, 1.82) is 0 Å². The van der Waals surface area contributed by atoms with Gasteiger partial charge in [0.15, 0.2) is 11.6 Å². The molecular weight excluding hydrogens is 234 g/mol. The molecule has 5 nitrogen and oxygen atoms in total. The Hall–Kier alpha value is -1.27. The van der Waals surface area contributed by atoms with Crippen LogP contribution in [0.4, 0.5) is 0 Å². The van der Waals surface area contributed by atoms with Gasteiger partial charge in [-0.05, 0) is 6.92 Å².